The maximum Gasteiger partial charge on any atom is 0.209 e. The molecule has 0 saturated carbocycles. The van der Waals surface area contributed by atoms with Crippen molar-refractivity contribution in [2.45, 2.75) is 6.92 Å². The Balaban J connectivity index is 2.29. The molecule has 70 valence electrons. The first-order chi connectivity index (χ1) is 6.86. The molecule has 4 heteroatoms. The quantitative estimate of drug-likeness (QED) is 0.704. The van der Waals surface area contributed by atoms with Crippen LogP contribution in [0.4, 0.5) is 5.13 Å². The highest BCUT2D eigenvalue weighted by atomic mass is 32.1. The molecule has 0 bridgehead atoms. The minimum atomic E-state index is 0.784. The van der Waals surface area contributed by atoms with Gasteiger partial charge in [0.05, 0.1) is 0 Å². The molecular formula is C10H9N3S. The van der Waals surface area contributed by atoms with E-state index in [2.05, 4.69) is 15.0 Å². The fourth-order valence-electron chi connectivity index (χ4n) is 1.06. The number of hydrogen-bond acceptors (Lipinski definition) is 4. The molecule has 0 aliphatic rings. The smallest absolute Gasteiger partial charge is 0.209 e. The molecule has 0 spiro atoms. The van der Waals surface area contributed by atoms with Crippen LogP contribution in [0.15, 0.2) is 41.1 Å². The Morgan fingerprint density at radius 3 is 3.00 bits per heavy atom. The summed E-state index contributed by atoms with van der Waals surface area (Å²) in [6.45, 7) is 1.96. The van der Waals surface area contributed by atoms with Gasteiger partial charge in [0.15, 0.2) is 0 Å². The molecule has 0 aromatic carbocycles. The van der Waals surface area contributed by atoms with Crippen LogP contribution in [0.3, 0.4) is 0 Å². The fourth-order valence-corrected chi connectivity index (χ4v) is 1.61. The molecule has 0 N–H and O–H groups in total. The zero-order valence-corrected chi connectivity index (χ0v) is 8.53. The molecule has 14 heavy (non-hydrogen) atoms. The summed E-state index contributed by atoms with van der Waals surface area (Å²) in [6.07, 6.45) is 5.30. The van der Waals surface area contributed by atoms with Gasteiger partial charge in [0, 0.05) is 35.2 Å². The Bertz CT molecular complexity index is 420. The zero-order chi connectivity index (χ0) is 9.80. The average Bonchev–Trinajstić information content (AvgIpc) is 2.72. The Hall–Kier alpha value is -1.55. The minimum absolute atomic E-state index is 0.784. The number of thiazole rings is 1. The van der Waals surface area contributed by atoms with Crippen molar-refractivity contribution in [3.05, 3.63) is 41.7 Å². The van der Waals surface area contributed by atoms with Crippen molar-refractivity contribution >= 4 is 22.2 Å². The predicted molar refractivity (Wildman–Crippen MR) is 58.2 cm³/mol. The van der Waals surface area contributed by atoms with Gasteiger partial charge in [-0.05, 0) is 13.0 Å². The molecule has 0 atom stereocenters. The topological polar surface area (TPSA) is 38.1 Å². The van der Waals surface area contributed by atoms with Crippen molar-refractivity contribution in [2.24, 2.45) is 4.99 Å². The maximum atomic E-state index is 4.37. The van der Waals surface area contributed by atoms with Gasteiger partial charge < -0.3 is 0 Å². The fraction of sp³-hybridized carbons (Fsp3) is 0.100. The van der Waals surface area contributed by atoms with Gasteiger partial charge in [-0.1, -0.05) is 6.07 Å². The third-order valence-corrected chi connectivity index (χ3v) is 2.43. The number of aromatic nitrogens is 2. The molecule has 2 aromatic heterocycles. The van der Waals surface area contributed by atoms with Crippen molar-refractivity contribution in [1.29, 1.82) is 0 Å². The van der Waals surface area contributed by atoms with Crippen LogP contribution in [0.25, 0.3) is 0 Å². The molecule has 0 saturated heterocycles. The molecule has 0 aliphatic carbocycles. The number of rotatable bonds is 2. The lowest BCUT2D eigenvalue weighted by Crippen LogP contribution is -1.93. The summed E-state index contributed by atoms with van der Waals surface area (Å²) in [5.74, 6) is 0. The molecule has 2 aromatic rings. The van der Waals surface area contributed by atoms with Crippen LogP contribution in [-0.2, 0) is 0 Å². The van der Waals surface area contributed by atoms with E-state index >= 15 is 0 Å². The first-order valence-corrected chi connectivity index (χ1v) is 5.09. The summed E-state index contributed by atoms with van der Waals surface area (Å²) in [5, 5.41) is 2.70. The van der Waals surface area contributed by atoms with Crippen molar-refractivity contribution in [3.8, 4) is 0 Å². The summed E-state index contributed by atoms with van der Waals surface area (Å²) in [6, 6.07) is 3.88. The van der Waals surface area contributed by atoms with Crippen LogP contribution in [0.5, 0.6) is 0 Å². The molecule has 0 amide bonds. The molecule has 3 nitrogen and oxygen atoms in total. The second-order valence-electron chi connectivity index (χ2n) is 2.75. The number of pyridine rings is 1. The second-order valence-corrected chi connectivity index (χ2v) is 3.63. The van der Waals surface area contributed by atoms with Gasteiger partial charge in [0.2, 0.25) is 5.13 Å². The lowest BCUT2D eigenvalue weighted by molar-refractivity contribution is 1.30. The SMILES string of the molecule is C/C(=N/c1nccs1)c1cccnc1. The van der Waals surface area contributed by atoms with Crippen molar-refractivity contribution in [3.63, 3.8) is 0 Å². The van der Waals surface area contributed by atoms with E-state index in [0.29, 0.717) is 0 Å². The number of hydrogen-bond donors (Lipinski definition) is 0. The Kier molecular flexibility index (Phi) is 2.65. The van der Waals surface area contributed by atoms with Gasteiger partial charge in [-0.25, -0.2) is 9.98 Å². The third kappa shape index (κ3) is 2.03. The van der Waals surface area contributed by atoms with Crippen LogP contribution in [0.1, 0.15) is 12.5 Å². The van der Waals surface area contributed by atoms with E-state index in [1.54, 1.807) is 18.6 Å². The monoisotopic (exact) mass is 203 g/mol. The van der Waals surface area contributed by atoms with Crippen LogP contribution in [0, 0.1) is 0 Å². The van der Waals surface area contributed by atoms with Gasteiger partial charge in [-0.15, -0.1) is 11.3 Å². The highest BCUT2D eigenvalue weighted by Crippen LogP contribution is 2.16. The molecule has 2 rings (SSSR count). The van der Waals surface area contributed by atoms with E-state index in [1.807, 2.05) is 24.4 Å². The molecule has 0 fully saturated rings. The summed E-state index contributed by atoms with van der Waals surface area (Å²) in [5.41, 5.74) is 1.97. The van der Waals surface area contributed by atoms with Crippen LogP contribution < -0.4 is 0 Å². The Labute approximate surface area is 86.2 Å². The molecule has 0 radical (unpaired) electrons. The standard InChI is InChI=1S/C10H9N3S/c1-8(9-3-2-4-11-7-9)13-10-12-5-6-14-10/h2-7H,1H3/b13-8-. The summed E-state index contributed by atoms with van der Waals surface area (Å²) >= 11 is 1.53. The highest BCUT2D eigenvalue weighted by Gasteiger charge is 1.97. The van der Waals surface area contributed by atoms with Crippen LogP contribution >= 0.6 is 11.3 Å². The van der Waals surface area contributed by atoms with E-state index < -0.39 is 0 Å². The van der Waals surface area contributed by atoms with Gasteiger partial charge in [-0.2, -0.15) is 0 Å². The molecular weight excluding hydrogens is 194 g/mol. The van der Waals surface area contributed by atoms with E-state index in [-0.39, 0.29) is 0 Å². The van der Waals surface area contributed by atoms with Gasteiger partial charge >= 0.3 is 0 Å². The average molecular weight is 203 g/mol. The minimum Gasteiger partial charge on any atom is -0.264 e. The van der Waals surface area contributed by atoms with Crippen molar-refractivity contribution < 1.29 is 0 Å². The third-order valence-electron chi connectivity index (χ3n) is 1.76. The van der Waals surface area contributed by atoms with Gasteiger partial charge in [0.1, 0.15) is 0 Å². The van der Waals surface area contributed by atoms with Crippen molar-refractivity contribution in [1.82, 2.24) is 9.97 Å². The summed E-state index contributed by atoms with van der Waals surface area (Å²) < 4.78 is 0. The van der Waals surface area contributed by atoms with E-state index in [0.717, 1.165) is 16.4 Å². The first kappa shape index (κ1) is 9.02. The van der Waals surface area contributed by atoms with Gasteiger partial charge in [0.25, 0.3) is 0 Å². The molecule has 2 heterocycles. The Morgan fingerprint density at radius 2 is 2.36 bits per heavy atom. The first-order valence-electron chi connectivity index (χ1n) is 4.21. The Morgan fingerprint density at radius 1 is 1.43 bits per heavy atom. The summed E-state index contributed by atoms with van der Waals surface area (Å²) in [7, 11) is 0. The normalized spacial score (nSPS) is 11.6. The van der Waals surface area contributed by atoms with Crippen LogP contribution in [0.2, 0.25) is 0 Å². The molecule has 0 unspecified atom stereocenters. The van der Waals surface area contributed by atoms with Crippen LogP contribution in [-0.4, -0.2) is 15.7 Å². The van der Waals surface area contributed by atoms with E-state index in [9.17, 15) is 0 Å². The lowest BCUT2D eigenvalue weighted by Gasteiger charge is -1.96. The van der Waals surface area contributed by atoms with E-state index in [4.69, 9.17) is 0 Å². The van der Waals surface area contributed by atoms with E-state index in [1.165, 1.54) is 11.3 Å². The number of aliphatic imine (C=N–C) groups is 1. The highest BCUT2D eigenvalue weighted by molar-refractivity contribution is 7.13. The lowest BCUT2D eigenvalue weighted by atomic mass is 10.2. The zero-order valence-electron chi connectivity index (χ0n) is 7.71. The predicted octanol–water partition coefficient (Wildman–Crippen LogP) is 2.68. The number of nitrogens with zero attached hydrogens (tertiary/aromatic N) is 3. The second kappa shape index (κ2) is 4.11. The molecule has 0 aliphatic heterocycles. The largest absolute Gasteiger partial charge is 0.264 e. The maximum absolute atomic E-state index is 4.37. The van der Waals surface area contributed by atoms with Gasteiger partial charge in [-0.3, -0.25) is 4.98 Å². The summed E-state index contributed by atoms with van der Waals surface area (Å²) in [4.78, 5) is 12.5. The van der Waals surface area contributed by atoms with Crippen molar-refractivity contribution in [2.75, 3.05) is 0 Å².